The van der Waals surface area contributed by atoms with Gasteiger partial charge in [-0.05, 0) is 48.2 Å². The minimum Gasteiger partial charge on any atom is -0.395 e. The second-order valence-electron chi connectivity index (χ2n) is 6.87. The lowest BCUT2D eigenvalue weighted by atomic mass is 10.0. The highest BCUT2D eigenvalue weighted by atomic mass is 32.2. The summed E-state index contributed by atoms with van der Waals surface area (Å²) >= 11 is -0.230. The van der Waals surface area contributed by atoms with Gasteiger partial charge in [-0.1, -0.05) is 5.92 Å². The summed E-state index contributed by atoms with van der Waals surface area (Å²) in [6, 6.07) is 8.70. The Labute approximate surface area is 192 Å². The average molecular weight is 472 g/mol. The highest BCUT2D eigenvalue weighted by molar-refractivity contribution is 8.00. The van der Waals surface area contributed by atoms with E-state index in [0.717, 1.165) is 0 Å². The second-order valence-corrected chi connectivity index (χ2v) is 8.01. The predicted octanol–water partition coefficient (Wildman–Crippen LogP) is 4.42. The van der Waals surface area contributed by atoms with E-state index >= 15 is 0 Å². The van der Waals surface area contributed by atoms with Crippen LogP contribution in [0, 0.1) is 12.3 Å². The normalized spacial score (nSPS) is 11.0. The van der Waals surface area contributed by atoms with Crippen LogP contribution in [0.25, 0.3) is 11.1 Å². The van der Waals surface area contributed by atoms with E-state index in [4.69, 9.17) is 6.42 Å². The molecule has 0 saturated carbocycles. The lowest BCUT2D eigenvalue weighted by molar-refractivity contribution is -0.0328. The second kappa shape index (κ2) is 10.4. The number of aliphatic hydroxyl groups is 1. The number of halogens is 3. The van der Waals surface area contributed by atoms with Crippen molar-refractivity contribution < 1.29 is 23.1 Å². The molecule has 0 aliphatic heterocycles. The van der Waals surface area contributed by atoms with Crippen molar-refractivity contribution >= 4 is 29.2 Å². The van der Waals surface area contributed by atoms with Crippen LogP contribution >= 0.6 is 11.8 Å². The number of rotatable bonds is 7. The van der Waals surface area contributed by atoms with Crippen LogP contribution in [-0.2, 0) is 0 Å². The molecule has 1 aromatic carbocycles. The maximum absolute atomic E-state index is 12.8. The Hall–Kier alpha value is -3.55. The SMILES string of the molecule is C#Cc1cncc(-c2cc(C(=O)Nc3ccc(SC(F)(F)F)cc3)cnc2N(C)CCO)c1. The summed E-state index contributed by atoms with van der Waals surface area (Å²) in [4.78, 5) is 23.1. The van der Waals surface area contributed by atoms with Crippen molar-refractivity contribution in [3.63, 3.8) is 0 Å². The zero-order chi connectivity index (χ0) is 24.0. The molecule has 0 spiro atoms. The zero-order valence-electron chi connectivity index (χ0n) is 17.4. The minimum absolute atomic E-state index is 0.0154. The van der Waals surface area contributed by atoms with Crippen molar-refractivity contribution in [1.82, 2.24) is 9.97 Å². The molecule has 0 saturated heterocycles. The summed E-state index contributed by atoms with van der Waals surface area (Å²) in [5, 5.41) is 11.9. The molecule has 2 N–H and O–H groups in total. The van der Waals surface area contributed by atoms with Gasteiger partial charge in [-0.2, -0.15) is 13.2 Å². The van der Waals surface area contributed by atoms with Gasteiger partial charge in [-0.3, -0.25) is 9.78 Å². The summed E-state index contributed by atoms with van der Waals surface area (Å²) in [7, 11) is 1.75. The summed E-state index contributed by atoms with van der Waals surface area (Å²) < 4.78 is 37.5. The van der Waals surface area contributed by atoms with Gasteiger partial charge >= 0.3 is 5.51 Å². The molecule has 0 fully saturated rings. The highest BCUT2D eigenvalue weighted by Crippen LogP contribution is 2.37. The van der Waals surface area contributed by atoms with Crippen molar-refractivity contribution in [3.05, 3.63) is 66.1 Å². The molecule has 170 valence electrons. The summed E-state index contributed by atoms with van der Waals surface area (Å²) in [5.74, 6) is 2.54. The molecular weight excluding hydrogens is 453 g/mol. The molecule has 0 atom stereocenters. The smallest absolute Gasteiger partial charge is 0.395 e. The number of pyridine rings is 2. The van der Waals surface area contributed by atoms with Gasteiger partial charge in [0.25, 0.3) is 5.91 Å². The molecule has 3 rings (SSSR count). The molecule has 0 radical (unpaired) electrons. The van der Waals surface area contributed by atoms with E-state index in [1.165, 1.54) is 36.7 Å². The van der Waals surface area contributed by atoms with E-state index in [0.29, 0.717) is 34.7 Å². The Bertz CT molecular complexity index is 1180. The van der Waals surface area contributed by atoms with Crippen molar-refractivity contribution in [2.45, 2.75) is 10.4 Å². The Balaban J connectivity index is 1.90. The number of carbonyl (C=O) groups excluding carboxylic acids is 1. The van der Waals surface area contributed by atoms with Crippen molar-refractivity contribution in [1.29, 1.82) is 0 Å². The van der Waals surface area contributed by atoms with Gasteiger partial charge in [0.15, 0.2) is 0 Å². The first-order valence-corrected chi connectivity index (χ1v) is 10.4. The fraction of sp³-hybridized carbons (Fsp3) is 0.174. The first-order valence-electron chi connectivity index (χ1n) is 9.61. The van der Waals surface area contributed by atoms with Crippen molar-refractivity contribution in [3.8, 4) is 23.5 Å². The molecule has 0 aliphatic rings. The number of alkyl halides is 3. The van der Waals surface area contributed by atoms with E-state index in [2.05, 4.69) is 21.2 Å². The Kier molecular flexibility index (Phi) is 7.58. The number of carbonyl (C=O) groups is 1. The standard InChI is InChI=1S/C23H19F3N4O2S/c1-3-15-10-16(13-27-12-15)20-11-17(14-28-21(20)30(2)8-9-31)22(32)29-18-4-6-19(7-5-18)33-23(24,25)26/h1,4-7,10-14,31H,8-9H2,2H3,(H,29,32). The van der Waals surface area contributed by atoms with Crippen LogP contribution in [0.3, 0.4) is 0 Å². The van der Waals surface area contributed by atoms with Crippen molar-refractivity contribution in [2.75, 3.05) is 30.4 Å². The molecule has 2 heterocycles. The maximum Gasteiger partial charge on any atom is 0.446 e. The molecule has 0 aliphatic carbocycles. The molecule has 6 nitrogen and oxygen atoms in total. The van der Waals surface area contributed by atoms with Gasteiger partial charge in [0.05, 0.1) is 12.2 Å². The van der Waals surface area contributed by atoms with Gasteiger partial charge in [-0.25, -0.2) is 4.98 Å². The molecule has 2 aromatic heterocycles. The number of aromatic nitrogens is 2. The van der Waals surface area contributed by atoms with E-state index < -0.39 is 11.4 Å². The number of hydrogen-bond acceptors (Lipinski definition) is 6. The van der Waals surface area contributed by atoms with Gasteiger partial charge in [0, 0.05) is 59.5 Å². The van der Waals surface area contributed by atoms with Crippen LogP contribution in [0.4, 0.5) is 24.7 Å². The molecule has 10 heteroatoms. The fourth-order valence-electron chi connectivity index (χ4n) is 2.96. The number of thioether (sulfide) groups is 1. The number of nitrogens with zero attached hydrogens (tertiary/aromatic N) is 3. The van der Waals surface area contributed by atoms with E-state index in [1.807, 2.05) is 0 Å². The van der Waals surface area contributed by atoms with Crippen LogP contribution in [0.1, 0.15) is 15.9 Å². The number of likely N-dealkylation sites (N-methyl/N-ethyl adjacent to an activating group) is 1. The molecule has 33 heavy (non-hydrogen) atoms. The average Bonchev–Trinajstić information content (AvgIpc) is 2.79. The van der Waals surface area contributed by atoms with Crippen LogP contribution in [0.2, 0.25) is 0 Å². The number of anilines is 2. The van der Waals surface area contributed by atoms with Crippen LogP contribution in [0.5, 0.6) is 0 Å². The zero-order valence-corrected chi connectivity index (χ0v) is 18.2. The van der Waals surface area contributed by atoms with Gasteiger partial charge < -0.3 is 15.3 Å². The van der Waals surface area contributed by atoms with Gasteiger partial charge in [0.2, 0.25) is 0 Å². The van der Waals surface area contributed by atoms with E-state index in [-0.39, 0.29) is 28.8 Å². The lowest BCUT2D eigenvalue weighted by Gasteiger charge is -2.21. The topological polar surface area (TPSA) is 78.4 Å². The Morgan fingerprint density at radius 1 is 1.21 bits per heavy atom. The minimum atomic E-state index is -4.39. The van der Waals surface area contributed by atoms with E-state index in [9.17, 15) is 23.1 Å². The Morgan fingerprint density at radius 2 is 1.94 bits per heavy atom. The molecule has 0 bridgehead atoms. The monoisotopic (exact) mass is 472 g/mol. The number of nitrogens with one attached hydrogen (secondary N) is 1. The summed E-state index contributed by atoms with van der Waals surface area (Å²) in [6.07, 6.45) is 9.98. The summed E-state index contributed by atoms with van der Waals surface area (Å²) in [6.45, 7) is 0.223. The third kappa shape index (κ3) is 6.47. The van der Waals surface area contributed by atoms with Crippen LogP contribution in [-0.4, -0.2) is 46.7 Å². The largest absolute Gasteiger partial charge is 0.446 e. The molecule has 0 unspecified atom stereocenters. The quantitative estimate of drug-likeness (QED) is 0.392. The first-order chi connectivity index (χ1) is 15.7. The predicted molar refractivity (Wildman–Crippen MR) is 122 cm³/mol. The number of aliphatic hydroxyl groups excluding tert-OH is 1. The molecular formula is C23H19F3N4O2S. The van der Waals surface area contributed by atoms with Gasteiger partial charge in [-0.15, -0.1) is 6.42 Å². The Morgan fingerprint density at radius 3 is 2.58 bits per heavy atom. The number of hydrogen-bond donors (Lipinski definition) is 2. The number of amides is 1. The van der Waals surface area contributed by atoms with Crippen LogP contribution in [0.15, 0.2) is 59.9 Å². The summed E-state index contributed by atoms with van der Waals surface area (Å²) in [5.41, 5.74) is -2.05. The third-order valence-electron chi connectivity index (χ3n) is 4.49. The molecule has 3 aromatic rings. The third-order valence-corrected chi connectivity index (χ3v) is 5.23. The number of terminal acetylenes is 1. The lowest BCUT2D eigenvalue weighted by Crippen LogP contribution is -2.23. The number of benzene rings is 1. The van der Waals surface area contributed by atoms with Crippen LogP contribution < -0.4 is 10.2 Å². The maximum atomic E-state index is 12.8. The van der Waals surface area contributed by atoms with Gasteiger partial charge in [0.1, 0.15) is 5.82 Å². The first kappa shape index (κ1) is 24.1. The fourth-order valence-corrected chi connectivity index (χ4v) is 3.50. The van der Waals surface area contributed by atoms with E-state index in [1.54, 1.807) is 30.3 Å². The van der Waals surface area contributed by atoms with Crippen molar-refractivity contribution in [2.24, 2.45) is 0 Å². The highest BCUT2D eigenvalue weighted by Gasteiger charge is 2.29. The molecule has 1 amide bonds.